The third kappa shape index (κ3) is 1.90. The van der Waals surface area contributed by atoms with Gasteiger partial charge < -0.3 is 5.32 Å². The number of aryl methyl sites for hydroxylation is 3. The summed E-state index contributed by atoms with van der Waals surface area (Å²) < 4.78 is 0. The van der Waals surface area contributed by atoms with Crippen LogP contribution in [0.2, 0.25) is 0 Å². The van der Waals surface area contributed by atoms with Crippen molar-refractivity contribution in [1.82, 2.24) is 0 Å². The standard InChI is InChI=1S/C17H19N/c1-11-4-7-16-15(8-11)10-17(18-16)14-6-5-12(2)13(3)9-14/h4-9,17-18H,10H2,1-3H3. The van der Waals surface area contributed by atoms with Gasteiger partial charge in [-0.15, -0.1) is 0 Å². The van der Waals surface area contributed by atoms with Crippen molar-refractivity contribution in [3.05, 3.63) is 64.2 Å². The second kappa shape index (κ2) is 4.16. The molecule has 1 atom stereocenters. The predicted molar refractivity (Wildman–Crippen MR) is 77.2 cm³/mol. The van der Waals surface area contributed by atoms with E-state index in [4.69, 9.17) is 0 Å². The van der Waals surface area contributed by atoms with E-state index in [2.05, 4.69) is 62.5 Å². The van der Waals surface area contributed by atoms with Crippen molar-refractivity contribution in [2.45, 2.75) is 33.2 Å². The molecule has 0 fully saturated rings. The smallest absolute Gasteiger partial charge is 0.0555 e. The first kappa shape index (κ1) is 11.3. The van der Waals surface area contributed by atoms with Crippen LogP contribution in [-0.4, -0.2) is 0 Å². The molecule has 1 unspecified atom stereocenters. The fraction of sp³-hybridized carbons (Fsp3) is 0.294. The monoisotopic (exact) mass is 237 g/mol. The van der Waals surface area contributed by atoms with Crippen molar-refractivity contribution < 1.29 is 0 Å². The molecule has 1 heteroatoms. The van der Waals surface area contributed by atoms with Crippen LogP contribution in [0.25, 0.3) is 0 Å². The van der Waals surface area contributed by atoms with Gasteiger partial charge in [-0.1, -0.05) is 35.9 Å². The van der Waals surface area contributed by atoms with Crippen LogP contribution in [0.4, 0.5) is 5.69 Å². The topological polar surface area (TPSA) is 12.0 Å². The molecule has 1 N–H and O–H groups in total. The molecule has 0 amide bonds. The zero-order valence-electron chi connectivity index (χ0n) is 11.2. The van der Waals surface area contributed by atoms with Gasteiger partial charge in [0.2, 0.25) is 0 Å². The first-order chi connectivity index (χ1) is 8.63. The molecule has 1 aliphatic rings. The van der Waals surface area contributed by atoms with Crippen LogP contribution in [0.5, 0.6) is 0 Å². The maximum Gasteiger partial charge on any atom is 0.0555 e. The molecule has 3 rings (SSSR count). The number of fused-ring (bicyclic) bond motifs is 1. The molecular formula is C17H19N. The Morgan fingerprint density at radius 3 is 2.56 bits per heavy atom. The van der Waals surface area contributed by atoms with Crippen molar-refractivity contribution in [1.29, 1.82) is 0 Å². The number of hydrogen-bond acceptors (Lipinski definition) is 1. The first-order valence-electron chi connectivity index (χ1n) is 6.57. The zero-order valence-corrected chi connectivity index (χ0v) is 11.2. The van der Waals surface area contributed by atoms with Crippen LogP contribution in [0.1, 0.15) is 33.9 Å². The van der Waals surface area contributed by atoms with Crippen LogP contribution in [0.3, 0.4) is 0 Å². The molecule has 1 aliphatic heterocycles. The molecule has 0 bridgehead atoms. The lowest BCUT2D eigenvalue weighted by molar-refractivity contribution is 0.822. The van der Waals surface area contributed by atoms with Crippen molar-refractivity contribution in [3.63, 3.8) is 0 Å². The number of anilines is 1. The summed E-state index contributed by atoms with van der Waals surface area (Å²) in [5.74, 6) is 0. The van der Waals surface area contributed by atoms with Crippen molar-refractivity contribution in [2.75, 3.05) is 5.32 Å². The Balaban J connectivity index is 1.91. The minimum Gasteiger partial charge on any atom is -0.378 e. The Morgan fingerprint density at radius 2 is 1.78 bits per heavy atom. The van der Waals surface area contributed by atoms with E-state index in [1.165, 1.54) is 33.5 Å². The molecule has 2 aromatic carbocycles. The van der Waals surface area contributed by atoms with Crippen LogP contribution in [0.15, 0.2) is 36.4 Å². The molecule has 0 saturated carbocycles. The molecule has 92 valence electrons. The number of benzene rings is 2. The van der Waals surface area contributed by atoms with Gasteiger partial charge in [-0.05, 0) is 55.5 Å². The summed E-state index contributed by atoms with van der Waals surface area (Å²) in [6, 6.07) is 13.9. The maximum atomic E-state index is 3.62. The Labute approximate surface area is 109 Å². The van der Waals surface area contributed by atoms with Crippen LogP contribution in [0, 0.1) is 20.8 Å². The largest absolute Gasteiger partial charge is 0.378 e. The fourth-order valence-electron chi connectivity index (χ4n) is 2.67. The van der Waals surface area contributed by atoms with Crippen LogP contribution < -0.4 is 5.32 Å². The number of hydrogen-bond donors (Lipinski definition) is 1. The van der Waals surface area contributed by atoms with Gasteiger partial charge in [0.1, 0.15) is 0 Å². The summed E-state index contributed by atoms with van der Waals surface area (Å²) in [6.45, 7) is 6.51. The van der Waals surface area contributed by atoms with Crippen LogP contribution in [-0.2, 0) is 6.42 Å². The minimum absolute atomic E-state index is 0.432. The summed E-state index contributed by atoms with van der Waals surface area (Å²) in [5.41, 5.74) is 8.22. The summed E-state index contributed by atoms with van der Waals surface area (Å²) in [7, 11) is 0. The third-order valence-corrected chi connectivity index (χ3v) is 3.95. The lowest BCUT2D eigenvalue weighted by Crippen LogP contribution is -2.06. The average Bonchev–Trinajstić information content (AvgIpc) is 2.75. The van der Waals surface area contributed by atoms with Gasteiger partial charge in [0, 0.05) is 5.69 Å². The van der Waals surface area contributed by atoms with E-state index in [0.29, 0.717) is 6.04 Å². The predicted octanol–water partition coefficient (Wildman–Crippen LogP) is 4.32. The van der Waals surface area contributed by atoms with Gasteiger partial charge in [0.25, 0.3) is 0 Å². The minimum atomic E-state index is 0.432. The summed E-state index contributed by atoms with van der Waals surface area (Å²) >= 11 is 0. The van der Waals surface area contributed by atoms with E-state index in [9.17, 15) is 0 Å². The van der Waals surface area contributed by atoms with Crippen molar-refractivity contribution >= 4 is 5.69 Å². The van der Waals surface area contributed by atoms with Gasteiger partial charge in [-0.2, -0.15) is 0 Å². The summed E-state index contributed by atoms with van der Waals surface area (Å²) in [5, 5.41) is 3.62. The summed E-state index contributed by atoms with van der Waals surface area (Å²) in [6.07, 6.45) is 1.10. The maximum absolute atomic E-state index is 3.62. The fourth-order valence-corrected chi connectivity index (χ4v) is 2.67. The van der Waals surface area contributed by atoms with Crippen molar-refractivity contribution in [2.24, 2.45) is 0 Å². The molecule has 0 radical (unpaired) electrons. The highest BCUT2D eigenvalue weighted by Crippen LogP contribution is 2.35. The highest BCUT2D eigenvalue weighted by molar-refractivity contribution is 5.59. The van der Waals surface area contributed by atoms with Gasteiger partial charge in [-0.25, -0.2) is 0 Å². The highest BCUT2D eigenvalue weighted by atomic mass is 14.9. The quantitative estimate of drug-likeness (QED) is 0.778. The van der Waals surface area contributed by atoms with Gasteiger partial charge in [0.15, 0.2) is 0 Å². The van der Waals surface area contributed by atoms with Crippen molar-refractivity contribution in [3.8, 4) is 0 Å². The molecule has 0 saturated heterocycles. The number of rotatable bonds is 1. The Hall–Kier alpha value is -1.76. The lowest BCUT2D eigenvalue weighted by atomic mass is 9.98. The second-order valence-corrected chi connectivity index (χ2v) is 5.41. The second-order valence-electron chi connectivity index (χ2n) is 5.41. The summed E-state index contributed by atoms with van der Waals surface area (Å²) in [4.78, 5) is 0. The first-order valence-corrected chi connectivity index (χ1v) is 6.57. The Bertz CT molecular complexity index is 599. The van der Waals surface area contributed by atoms with Gasteiger partial charge in [-0.3, -0.25) is 0 Å². The molecule has 0 spiro atoms. The Kier molecular flexibility index (Phi) is 2.62. The average molecular weight is 237 g/mol. The third-order valence-electron chi connectivity index (χ3n) is 3.95. The SMILES string of the molecule is Cc1ccc2c(c1)CC(c1ccc(C)c(C)c1)N2. The van der Waals surface area contributed by atoms with E-state index in [1.54, 1.807) is 0 Å². The van der Waals surface area contributed by atoms with E-state index in [1.807, 2.05) is 0 Å². The number of nitrogens with one attached hydrogen (secondary N) is 1. The van der Waals surface area contributed by atoms with E-state index in [-0.39, 0.29) is 0 Å². The van der Waals surface area contributed by atoms with E-state index in [0.717, 1.165) is 6.42 Å². The molecule has 2 aromatic rings. The van der Waals surface area contributed by atoms with Gasteiger partial charge >= 0.3 is 0 Å². The highest BCUT2D eigenvalue weighted by Gasteiger charge is 2.21. The molecule has 0 aliphatic carbocycles. The molecule has 1 nitrogen and oxygen atoms in total. The molecular weight excluding hydrogens is 218 g/mol. The van der Waals surface area contributed by atoms with E-state index < -0.39 is 0 Å². The normalized spacial score (nSPS) is 17.4. The zero-order chi connectivity index (χ0) is 12.7. The van der Waals surface area contributed by atoms with E-state index >= 15 is 0 Å². The lowest BCUT2D eigenvalue weighted by Gasteiger charge is -2.13. The van der Waals surface area contributed by atoms with Crippen LogP contribution >= 0.6 is 0 Å². The van der Waals surface area contributed by atoms with Gasteiger partial charge in [0.05, 0.1) is 6.04 Å². The Morgan fingerprint density at radius 1 is 0.944 bits per heavy atom. The molecule has 18 heavy (non-hydrogen) atoms. The molecule has 1 heterocycles. The molecule has 0 aromatic heterocycles.